The van der Waals surface area contributed by atoms with Crippen LogP contribution in [0.25, 0.3) is 0 Å². The van der Waals surface area contributed by atoms with Crippen LogP contribution in [0.4, 0.5) is 0 Å². The Morgan fingerprint density at radius 2 is 1.71 bits per heavy atom. The van der Waals surface area contributed by atoms with E-state index >= 15 is 0 Å². The molecule has 76 valence electrons. The van der Waals surface area contributed by atoms with E-state index in [1.54, 1.807) is 14.2 Å². The van der Waals surface area contributed by atoms with Gasteiger partial charge in [-0.3, -0.25) is 0 Å². The first-order valence-electron chi connectivity index (χ1n) is 5.00. The Morgan fingerprint density at radius 3 is 2.07 bits per heavy atom. The molecule has 1 aromatic carbocycles. The summed E-state index contributed by atoms with van der Waals surface area (Å²) in [6.07, 6.45) is 3.53. The molecule has 1 saturated carbocycles. The summed E-state index contributed by atoms with van der Waals surface area (Å²) >= 11 is 0. The lowest BCUT2D eigenvalue weighted by atomic mass is 9.75. The second-order valence-electron chi connectivity index (χ2n) is 3.78. The van der Waals surface area contributed by atoms with Gasteiger partial charge < -0.3 is 9.47 Å². The van der Waals surface area contributed by atoms with Gasteiger partial charge in [0.1, 0.15) is 5.75 Å². The van der Waals surface area contributed by atoms with Crippen molar-refractivity contribution >= 4 is 0 Å². The molecule has 1 fully saturated rings. The Kier molecular flexibility index (Phi) is 2.46. The fourth-order valence-corrected chi connectivity index (χ4v) is 2.00. The Bertz CT molecular complexity index is 293. The third-order valence-corrected chi connectivity index (χ3v) is 3.17. The van der Waals surface area contributed by atoms with E-state index in [1.165, 1.54) is 12.0 Å². The highest BCUT2D eigenvalue weighted by Gasteiger charge is 2.38. The molecule has 1 aliphatic rings. The van der Waals surface area contributed by atoms with Crippen LogP contribution in [0.1, 0.15) is 24.8 Å². The number of hydrogen-bond donors (Lipinski definition) is 0. The average molecular weight is 192 g/mol. The van der Waals surface area contributed by atoms with Crippen molar-refractivity contribution in [1.82, 2.24) is 0 Å². The Labute approximate surface area is 84.8 Å². The van der Waals surface area contributed by atoms with Crippen LogP contribution < -0.4 is 4.74 Å². The topological polar surface area (TPSA) is 18.5 Å². The molecule has 0 unspecified atom stereocenters. The van der Waals surface area contributed by atoms with Gasteiger partial charge in [-0.05, 0) is 37.0 Å². The molecule has 0 atom stereocenters. The molecule has 0 aliphatic heterocycles. The highest BCUT2D eigenvalue weighted by atomic mass is 16.5. The minimum Gasteiger partial charge on any atom is -0.497 e. The van der Waals surface area contributed by atoms with E-state index in [9.17, 15) is 0 Å². The predicted molar refractivity (Wildman–Crippen MR) is 55.5 cm³/mol. The van der Waals surface area contributed by atoms with Crippen LogP contribution in [0.3, 0.4) is 0 Å². The van der Waals surface area contributed by atoms with Crippen LogP contribution in [-0.2, 0) is 10.3 Å². The van der Waals surface area contributed by atoms with Gasteiger partial charge in [-0.2, -0.15) is 0 Å². The molecule has 0 saturated heterocycles. The van der Waals surface area contributed by atoms with E-state index in [4.69, 9.17) is 9.47 Å². The predicted octanol–water partition coefficient (Wildman–Crippen LogP) is 2.72. The van der Waals surface area contributed by atoms with E-state index < -0.39 is 0 Å². The molecular weight excluding hydrogens is 176 g/mol. The van der Waals surface area contributed by atoms with Gasteiger partial charge in [0.15, 0.2) is 0 Å². The van der Waals surface area contributed by atoms with E-state index in [-0.39, 0.29) is 5.60 Å². The molecule has 1 aliphatic carbocycles. The third kappa shape index (κ3) is 1.40. The monoisotopic (exact) mass is 192 g/mol. The second-order valence-corrected chi connectivity index (χ2v) is 3.78. The lowest BCUT2D eigenvalue weighted by molar-refractivity contribution is -0.0778. The van der Waals surface area contributed by atoms with Crippen LogP contribution in [0, 0.1) is 0 Å². The van der Waals surface area contributed by atoms with Gasteiger partial charge in [0.25, 0.3) is 0 Å². The van der Waals surface area contributed by atoms with Gasteiger partial charge in [-0.25, -0.2) is 0 Å². The van der Waals surface area contributed by atoms with Crippen LogP contribution in [0.15, 0.2) is 24.3 Å². The minimum absolute atomic E-state index is 0.00767. The van der Waals surface area contributed by atoms with Crippen molar-refractivity contribution in [2.45, 2.75) is 24.9 Å². The zero-order valence-corrected chi connectivity index (χ0v) is 8.75. The van der Waals surface area contributed by atoms with Gasteiger partial charge in [-0.15, -0.1) is 0 Å². The number of rotatable bonds is 3. The quantitative estimate of drug-likeness (QED) is 0.733. The second kappa shape index (κ2) is 3.62. The van der Waals surface area contributed by atoms with Crippen molar-refractivity contribution in [3.05, 3.63) is 29.8 Å². The molecule has 2 nitrogen and oxygen atoms in total. The fraction of sp³-hybridized carbons (Fsp3) is 0.500. The number of methoxy groups -OCH3 is 2. The molecule has 2 rings (SSSR count). The van der Waals surface area contributed by atoms with Gasteiger partial charge >= 0.3 is 0 Å². The highest BCUT2D eigenvalue weighted by Crippen LogP contribution is 2.44. The molecule has 14 heavy (non-hydrogen) atoms. The largest absolute Gasteiger partial charge is 0.497 e. The Morgan fingerprint density at radius 1 is 1.07 bits per heavy atom. The molecule has 0 aromatic heterocycles. The molecule has 0 heterocycles. The summed E-state index contributed by atoms with van der Waals surface area (Å²) in [5.41, 5.74) is 1.26. The van der Waals surface area contributed by atoms with Crippen molar-refractivity contribution in [2.24, 2.45) is 0 Å². The summed E-state index contributed by atoms with van der Waals surface area (Å²) in [5, 5.41) is 0. The zero-order valence-electron chi connectivity index (χ0n) is 8.75. The normalized spacial score (nSPS) is 18.7. The van der Waals surface area contributed by atoms with E-state index in [0.717, 1.165) is 18.6 Å². The number of ether oxygens (including phenoxy) is 2. The summed E-state index contributed by atoms with van der Waals surface area (Å²) in [4.78, 5) is 0. The zero-order chi connectivity index (χ0) is 10.0. The SMILES string of the molecule is COc1ccc(C2(OC)CCC2)cc1. The fourth-order valence-electron chi connectivity index (χ4n) is 2.00. The lowest BCUT2D eigenvalue weighted by Gasteiger charge is -2.41. The van der Waals surface area contributed by atoms with Crippen molar-refractivity contribution < 1.29 is 9.47 Å². The molecule has 0 radical (unpaired) electrons. The molecule has 1 aromatic rings. The van der Waals surface area contributed by atoms with Gasteiger partial charge in [0.2, 0.25) is 0 Å². The van der Waals surface area contributed by atoms with Crippen molar-refractivity contribution in [3.8, 4) is 5.75 Å². The Hall–Kier alpha value is -1.02. The summed E-state index contributed by atoms with van der Waals surface area (Å²) in [6.45, 7) is 0. The summed E-state index contributed by atoms with van der Waals surface area (Å²) in [7, 11) is 3.48. The van der Waals surface area contributed by atoms with Gasteiger partial charge in [-0.1, -0.05) is 12.1 Å². The smallest absolute Gasteiger partial charge is 0.118 e. The molecule has 0 bridgehead atoms. The first kappa shape index (κ1) is 9.53. The Balaban J connectivity index is 2.23. The van der Waals surface area contributed by atoms with Crippen molar-refractivity contribution in [3.63, 3.8) is 0 Å². The maximum Gasteiger partial charge on any atom is 0.118 e. The first-order chi connectivity index (χ1) is 6.80. The van der Waals surface area contributed by atoms with E-state index in [0.29, 0.717) is 0 Å². The van der Waals surface area contributed by atoms with Crippen LogP contribution >= 0.6 is 0 Å². The molecule has 0 amide bonds. The molecular formula is C12H16O2. The number of hydrogen-bond acceptors (Lipinski definition) is 2. The number of benzene rings is 1. The van der Waals surface area contributed by atoms with Gasteiger partial charge in [0.05, 0.1) is 12.7 Å². The highest BCUT2D eigenvalue weighted by molar-refractivity contribution is 5.32. The van der Waals surface area contributed by atoms with E-state index in [2.05, 4.69) is 12.1 Å². The maximum atomic E-state index is 5.59. The third-order valence-electron chi connectivity index (χ3n) is 3.17. The van der Waals surface area contributed by atoms with Gasteiger partial charge in [0, 0.05) is 7.11 Å². The van der Waals surface area contributed by atoms with Crippen molar-refractivity contribution in [1.29, 1.82) is 0 Å². The van der Waals surface area contributed by atoms with E-state index in [1.807, 2.05) is 12.1 Å². The molecule has 0 spiro atoms. The average Bonchev–Trinajstić information content (AvgIpc) is 2.18. The minimum atomic E-state index is -0.00767. The summed E-state index contributed by atoms with van der Waals surface area (Å²) in [6, 6.07) is 8.19. The van der Waals surface area contributed by atoms with Crippen LogP contribution in [0.5, 0.6) is 5.75 Å². The molecule has 2 heteroatoms. The first-order valence-corrected chi connectivity index (χ1v) is 5.00. The molecule has 0 N–H and O–H groups in total. The van der Waals surface area contributed by atoms with Crippen LogP contribution in [0.2, 0.25) is 0 Å². The summed E-state index contributed by atoms with van der Waals surface area (Å²) < 4.78 is 10.7. The maximum absolute atomic E-state index is 5.59. The van der Waals surface area contributed by atoms with Crippen molar-refractivity contribution in [2.75, 3.05) is 14.2 Å². The summed E-state index contributed by atoms with van der Waals surface area (Å²) in [5.74, 6) is 0.902. The van der Waals surface area contributed by atoms with Crippen LogP contribution in [-0.4, -0.2) is 14.2 Å². The standard InChI is InChI=1S/C12H16O2/c1-13-11-6-4-10(5-7-11)12(14-2)8-3-9-12/h4-7H,3,8-9H2,1-2H3. The lowest BCUT2D eigenvalue weighted by Crippen LogP contribution is -2.35.